The minimum Gasteiger partial charge on any atom is -0.389 e. The predicted octanol–water partition coefficient (Wildman–Crippen LogP) is 2.32. The second-order valence-electron chi connectivity index (χ2n) is 3.69. The summed E-state index contributed by atoms with van der Waals surface area (Å²) in [7, 11) is 0. The molecule has 1 N–H and O–H groups in total. The van der Waals surface area contributed by atoms with Crippen molar-refractivity contribution < 1.29 is 5.11 Å². The molecule has 0 saturated heterocycles. The Kier molecular flexibility index (Phi) is 2.47. The van der Waals surface area contributed by atoms with Gasteiger partial charge in [-0.2, -0.15) is 4.37 Å². The van der Waals surface area contributed by atoms with Gasteiger partial charge in [-0.1, -0.05) is 13.0 Å². The molecule has 0 fully saturated rings. The Morgan fingerprint density at radius 2 is 2.46 bits per heavy atom. The third-order valence-electron chi connectivity index (χ3n) is 2.37. The van der Waals surface area contributed by atoms with E-state index in [1.807, 2.05) is 17.5 Å². The summed E-state index contributed by atoms with van der Waals surface area (Å²) in [6, 6.07) is 2.02. The summed E-state index contributed by atoms with van der Waals surface area (Å²) >= 11 is 1.46. The molecule has 0 bridgehead atoms. The van der Waals surface area contributed by atoms with Crippen molar-refractivity contribution in [2.45, 2.75) is 25.9 Å². The fourth-order valence-electron chi connectivity index (χ4n) is 1.81. The summed E-state index contributed by atoms with van der Waals surface area (Å²) in [6.07, 6.45) is 3.59. The summed E-state index contributed by atoms with van der Waals surface area (Å²) in [4.78, 5) is 0. The second-order valence-corrected chi connectivity index (χ2v) is 4.35. The van der Waals surface area contributed by atoms with Crippen LogP contribution in [0.5, 0.6) is 0 Å². The van der Waals surface area contributed by atoms with Crippen LogP contribution in [0.25, 0.3) is 5.57 Å². The molecule has 13 heavy (non-hydrogen) atoms. The maximum atomic E-state index is 9.55. The van der Waals surface area contributed by atoms with Crippen LogP contribution in [0.15, 0.2) is 17.5 Å². The zero-order chi connectivity index (χ0) is 9.26. The molecule has 2 rings (SSSR count). The van der Waals surface area contributed by atoms with E-state index in [1.165, 1.54) is 17.1 Å². The van der Waals surface area contributed by atoms with Crippen LogP contribution < -0.4 is 0 Å². The number of nitrogens with zero attached hydrogens (tertiary/aromatic N) is 1. The number of aliphatic hydroxyl groups is 1. The van der Waals surface area contributed by atoms with Gasteiger partial charge in [0.1, 0.15) is 0 Å². The van der Waals surface area contributed by atoms with Gasteiger partial charge in [-0.25, -0.2) is 0 Å². The van der Waals surface area contributed by atoms with Gasteiger partial charge >= 0.3 is 0 Å². The third-order valence-corrected chi connectivity index (χ3v) is 2.93. The molecule has 1 aromatic heterocycles. The van der Waals surface area contributed by atoms with E-state index in [9.17, 15) is 5.11 Å². The third kappa shape index (κ3) is 1.98. The Balaban J connectivity index is 2.24. The standard InChI is InChI=1S/C10H13NOS/c1-7-4-8(6-9(12)5-7)10-2-3-13-11-10/h2-3,6-7,9,12H,4-5H2,1H3. The topological polar surface area (TPSA) is 33.1 Å². The maximum absolute atomic E-state index is 9.55. The van der Waals surface area contributed by atoms with Gasteiger partial charge in [0.2, 0.25) is 0 Å². The van der Waals surface area contributed by atoms with Crippen molar-refractivity contribution in [1.82, 2.24) is 4.37 Å². The minimum atomic E-state index is -0.277. The fourth-order valence-corrected chi connectivity index (χ4v) is 2.35. The Hall–Kier alpha value is -0.670. The molecule has 0 aliphatic heterocycles. The molecule has 0 spiro atoms. The lowest BCUT2D eigenvalue weighted by Crippen LogP contribution is -2.15. The van der Waals surface area contributed by atoms with Crippen LogP contribution in [-0.4, -0.2) is 15.6 Å². The van der Waals surface area contributed by atoms with Gasteiger partial charge in [-0.3, -0.25) is 0 Å². The highest BCUT2D eigenvalue weighted by Gasteiger charge is 2.19. The highest BCUT2D eigenvalue weighted by Crippen LogP contribution is 2.30. The zero-order valence-corrected chi connectivity index (χ0v) is 8.42. The van der Waals surface area contributed by atoms with E-state index in [-0.39, 0.29) is 6.10 Å². The lowest BCUT2D eigenvalue weighted by atomic mass is 9.87. The molecular weight excluding hydrogens is 182 g/mol. The van der Waals surface area contributed by atoms with Gasteiger partial charge in [0.15, 0.2) is 0 Å². The van der Waals surface area contributed by atoms with Crippen LogP contribution in [-0.2, 0) is 0 Å². The highest BCUT2D eigenvalue weighted by atomic mass is 32.1. The van der Waals surface area contributed by atoms with Crippen molar-refractivity contribution in [2.24, 2.45) is 5.92 Å². The molecule has 1 aliphatic carbocycles. The largest absolute Gasteiger partial charge is 0.389 e. The van der Waals surface area contributed by atoms with Crippen LogP contribution >= 0.6 is 11.5 Å². The van der Waals surface area contributed by atoms with Crippen molar-refractivity contribution in [3.63, 3.8) is 0 Å². The van der Waals surface area contributed by atoms with Crippen molar-refractivity contribution in [3.05, 3.63) is 23.2 Å². The van der Waals surface area contributed by atoms with E-state index in [0.29, 0.717) is 5.92 Å². The Bertz CT molecular complexity index is 305. The zero-order valence-electron chi connectivity index (χ0n) is 7.60. The summed E-state index contributed by atoms with van der Waals surface area (Å²) < 4.78 is 4.27. The maximum Gasteiger partial charge on any atom is 0.0798 e. The van der Waals surface area contributed by atoms with Crippen LogP contribution in [0.3, 0.4) is 0 Å². The fraction of sp³-hybridized carbons (Fsp3) is 0.500. The molecule has 0 aromatic carbocycles. The van der Waals surface area contributed by atoms with Crippen molar-refractivity contribution in [2.75, 3.05) is 0 Å². The Morgan fingerprint density at radius 1 is 1.62 bits per heavy atom. The first-order chi connectivity index (χ1) is 6.25. The van der Waals surface area contributed by atoms with Crippen LogP contribution in [0, 0.1) is 5.92 Å². The van der Waals surface area contributed by atoms with E-state index >= 15 is 0 Å². The number of hydrogen-bond acceptors (Lipinski definition) is 3. The van der Waals surface area contributed by atoms with Crippen molar-refractivity contribution in [3.8, 4) is 0 Å². The smallest absolute Gasteiger partial charge is 0.0798 e. The van der Waals surface area contributed by atoms with Gasteiger partial charge < -0.3 is 5.11 Å². The van der Waals surface area contributed by atoms with Crippen molar-refractivity contribution >= 4 is 17.1 Å². The molecule has 2 atom stereocenters. The number of hydrogen-bond donors (Lipinski definition) is 1. The molecule has 0 saturated carbocycles. The van der Waals surface area contributed by atoms with Gasteiger partial charge in [-0.15, -0.1) is 0 Å². The van der Waals surface area contributed by atoms with Crippen molar-refractivity contribution in [1.29, 1.82) is 0 Å². The van der Waals surface area contributed by atoms with E-state index in [0.717, 1.165) is 18.5 Å². The first kappa shape index (κ1) is 8.91. The lowest BCUT2D eigenvalue weighted by molar-refractivity contribution is 0.185. The van der Waals surface area contributed by atoms with Crippen LogP contribution in [0.4, 0.5) is 0 Å². The first-order valence-corrected chi connectivity index (χ1v) is 5.39. The molecule has 2 unspecified atom stereocenters. The molecule has 3 heteroatoms. The van der Waals surface area contributed by atoms with Crippen LogP contribution in [0.2, 0.25) is 0 Å². The Morgan fingerprint density at radius 3 is 3.08 bits per heavy atom. The lowest BCUT2D eigenvalue weighted by Gasteiger charge is -2.21. The minimum absolute atomic E-state index is 0.277. The highest BCUT2D eigenvalue weighted by molar-refractivity contribution is 7.03. The first-order valence-electron chi connectivity index (χ1n) is 4.55. The second kappa shape index (κ2) is 3.60. The van der Waals surface area contributed by atoms with Gasteiger partial charge in [0, 0.05) is 5.38 Å². The average molecular weight is 195 g/mol. The summed E-state index contributed by atoms with van der Waals surface area (Å²) in [5.74, 6) is 0.566. The monoisotopic (exact) mass is 195 g/mol. The van der Waals surface area contributed by atoms with Gasteiger partial charge in [0.05, 0.1) is 11.8 Å². The SMILES string of the molecule is CC1CC(c2ccsn2)=CC(O)C1. The number of rotatable bonds is 1. The number of aromatic nitrogens is 1. The van der Waals surface area contributed by atoms with Crippen LogP contribution in [0.1, 0.15) is 25.5 Å². The number of aliphatic hydroxyl groups excluding tert-OH is 1. The molecule has 2 nitrogen and oxygen atoms in total. The Labute approximate surface area is 82.1 Å². The quantitative estimate of drug-likeness (QED) is 0.746. The molecule has 1 aromatic rings. The molecule has 0 radical (unpaired) electrons. The molecule has 70 valence electrons. The molecule has 1 heterocycles. The average Bonchev–Trinajstić information content (AvgIpc) is 2.53. The summed E-state index contributed by atoms with van der Waals surface area (Å²) in [5, 5.41) is 11.5. The van der Waals surface area contributed by atoms with E-state index in [2.05, 4.69) is 11.3 Å². The van der Waals surface area contributed by atoms with E-state index in [1.54, 1.807) is 0 Å². The van der Waals surface area contributed by atoms with E-state index < -0.39 is 0 Å². The number of allylic oxidation sites excluding steroid dienone is 1. The summed E-state index contributed by atoms with van der Waals surface area (Å²) in [5.41, 5.74) is 2.24. The molecule has 1 aliphatic rings. The van der Waals surface area contributed by atoms with E-state index in [4.69, 9.17) is 0 Å². The molecule has 0 amide bonds. The normalized spacial score (nSPS) is 28.6. The summed E-state index contributed by atoms with van der Waals surface area (Å²) in [6.45, 7) is 2.17. The molecular formula is C10H13NOS. The predicted molar refractivity (Wildman–Crippen MR) is 54.5 cm³/mol. The van der Waals surface area contributed by atoms with Gasteiger partial charge in [-0.05, 0) is 41.9 Å². The van der Waals surface area contributed by atoms with Gasteiger partial charge in [0.25, 0.3) is 0 Å².